The van der Waals surface area contributed by atoms with Gasteiger partial charge in [-0.05, 0) is 31.2 Å². The fourth-order valence-electron chi connectivity index (χ4n) is 1.95. The minimum absolute atomic E-state index is 0.0918. The quantitative estimate of drug-likeness (QED) is 0.789. The Morgan fingerprint density at radius 1 is 1.33 bits per heavy atom. The van der Waals surface area contributed by atoms with E-state index in [1.165, 1.54) is 7.11 Å². The fourth-order valence-corrected chi connectivity index (χ4v) is 2.22. The lowest BCUT2D eigenvalue weighted by Gasteiger charge is -2.18. The Balaban J connectivity index is 2.39. The highest BCUT2D eigenvalue weighted by Gasteiger charge is 2.32. The van der Waals surface area contributed by atoms with E-state index in [0.29, 0.717) is 11.3 Å². The number of amides is 1. The summed E-state index contributed by atoms with van der Waals surface area (Å²) in [6.45, 7) is 1.75. The Morgan fingerprint density at radius 2 is 1.94 bits per heavy atom. The molecular formula is C13H12BrNO3. The van der Waals surface area contributed by atoms with Crippen LogP contribution in [0.5, 0.6) is 0 Å². The number of esters is 1. The third-order valence-electron chi connectivity index (χ3n) is 2.87. The van der Waals surface area contributed by atoms with Crippen molar-refractivity contribution in [2.45, 2.75) is 13.3 Å². The predicted octanol–water partition coefficient (Wildman–Crippen LogP) is 2.63. The molecular weight excluding hydrogens is 298 g/mol. The molecule has 0 fully saturated rings. The third kappa shape index (κ3) is 2.18. The number of carbonyl (C=O) groups is 2. The second-order valence-electron chi connectivity index (χ2n) is 3.94. The summed E-state index contributed by atoms with van der Waals surface area (Å²) < 4.78 is 5.61. The van der Waals surface area contributed by atoms with Gasteiger partial charge < -0.3 is 4.74 Å². The summed E-state index contributed by atoms with van der Waals surface area (Å²) >= 11 is 3.34. The maximum atomic E-state index is 12.0. The number of rotatable bonds is 2. The van der Waals surface area contributed by atoms with Gasteiger partial charge in [-0.2, -0.15) is 0 Å². The van der Waals surface area contributed by atoms with Crippen LogP contribution in [-0.4, -0.2) is 19.0 Å². The molecule has 0 N–H and O–H groups in total. The predicted molar refractivity (Wildman–Crippen MR) is 71.0 cm³/mol. The summed E-state index contributed by atoms with van der Waals surface area (Å²) in [5, 5.41) is 0. The van der Waals surface area contributed by atoms with E-state index in [9.17, 15) is 9.59 Å². The van der Waals surface area contributed by atoms with E-state index in [1.807, 2.05) is 24.3 Å². The number of anilines is 1. The molecule has 0 aliphatic carbocycles. The Morgan fingerprint density at radius 3 is 2.50 bits per heavy atom. The molecule has 0 atom stereocenters. The van der Waals surface area contributed by atoms with Crippen molar-refractivity contribution in [2.75, 3.05) is 12.0 Å². The lowest BCUT2D eigenvalue weighted by molar-refractivity contribution is -0.136. The largest absolute Gasteiger partial charge is 0.466 e. The minimum atomic E-state index is -0.444. The Labute approximate surface area is 113 Å². The fraction of sp³-hybridized carbons (Fsp3) is 0.231. The van der Waals surface area contributed by atoms with Crippen LogP contribution in [0.25, 0.3) is 0 Å². The van der Waals surface area contributed by atoms with Crippen LogP contribution in [-0.2, 0) is 14.3 Å². The molecule has 1 aromatic rings. The molecule has 2 rings (SSSR count). The van der Waals surface area contributed by atoms with Crippen molar-refractivity contribution in [3.8, 4) is 0 Å². The van der Waals surface area contributed by atoms with Crippen molar-refractivity contribution in [1.29, 1.82) is 0 Å². The molecule has 1 aliphatic heterocycles. The highest BCUT2D eigenvalue weighted by Crippen LogP contribution is 2.31. The van der Waals surface area contributed by atoms with Crippen LogP contribution in [0.3, 0.4) is 0 Å². The summed E-state index contributed by atoms with van der Waals surface area (Å²) in [7, 11) is 1.31. The molecule has 0 unspecified atom stereocenters. The molecule has 1 aromatic carbocycles. The summed E-state index contributed by atoms with van der Waals surface area (Å²) in [4.78, 5) is 25.0. The van der Waals surface area contributed by atoms with Crippen LogP contribution in [0.1, 0.15) is 13.3 Å². The van der Waals surface area contributed by atoms with Crippen LogP contribution < -0.4 is 4.90 Å². The number of hydrogen-bond acceptors (Lipinski definition) is 3. The van der Waals surface area contributed by atoms with Gasteiger partial charge in [-0.3, -0.25) is 9.69 Å². The van der Waals surface area contributed by atoms with Gasteiger partial charge in [0, 0.05) is 15.9 Å². The second-order valence-corrected chi connectivity index (χ2v) is 4.85. The van der Waals surface area contributed by atoms with Gasteiger partial charge in [0.1, 0.15) is 0 Å². The van der Waals surface area contributed by atoms with E-state index < -0.39 is 5.97 Å². The monoisotopic (exact) mass is 309 g/mol. The van der Waals surface area contributed by atoms with Gasteiger partial charge in [0.05, 0.1) is 19.1 Å². The molecule has 94 valence electrons. The van der Waals surface area contributed by atoms with Crippen molar-refractivity contribution in [3.05, 3.63) is 40.0 Å². The Hall–Kier alpha value is -1.62. The van der Waals surface area contributed by atoms with Crippen molar-refractivity contribution in [3.63, 3.8) is 0 Å². The van der Waals surface area contributed by atoms with E-state index in [4.69, 9.17) is 0 Å². The highest BCUT2D eigenvalue weighted by atomic mass is 79.9. The molecule has 1 heterocycles. The molecule has 0 bridgehead atoms. The van der Waals surface area contributed by atoms with Crippen molar-refractivity contribution in [1.82, 2.24) is 0 Å². The van der Waals surface area contributed by atoms with Gasteiger partial charge in [-0.15, -0.1) is 0 Å². The van der Waals surface area contributed by atoms with Crippen LogP contribution in [0.2, 0.25) is 0 Å². The van der Waals surface area contributed by atoms with E-state index in [1.54, 1.807) is 11.8 Å². The van der Waals surface area contributed by atoms with Gasteiger partial charge in [0.25, 0.3) is 0 Å². The van der Waals surface area contributed by atoms with E-state index >= 15 is 0 Å². The minimum Gasteiger partial charge on any atom is -0.466 e. The average Bonchev–Trinajstić information content (AvgIpc) is 2.65. The first kappa shape index (κ1) is 12.8. The standard InChI is InChI=1S/C13H12BrNO3/c1-8-11(13(17)18-2)7-12(16)15(8)10-5-3-9(14)4-6-10/h3-6H,7H2,1-2H3. The van der Waals surface area contributed by atoms with Crippen LogP contribution >= 0.6 is 15.9 Å². The maximum absolute atomic E-state index is 12.0. The normalized spacial score (nSPS) is 15.3. The first-order valence-corrected chi connectivity index (χ1v) is 6.20. The van der Waals surface area contributed by atoms with E-state index in [-0.39, 0.29) is 12.3 Å². The second kappa shape index (κ2) is 4.94. The first-order chi connectivity index (χ1) is 8.54. The smallest absolute Gasteiger partial charge is 0.336 e. The number of halogens is 1. The number of nitrogens with zero attached hydrogens (tertiary/aromatic N) is 1. The Bertz CT molecular complexity index is 534. The van der Waals surface area contributed by atoms with Gasteiger partial charge in [-0.1, -0.05) is 15.9 Å². The topological polar surface area (TPSA) is 46.6 Å². The van der Waals surface area contributed by atoms with Crippen molar-refractivity contribution in [2.24, 2.45) is 0 Å². The third-order valence-corrected chi connectivity index (χ3v) is 3.39. The van der Waals surface area contributed by atoms with Crippen molar-refractivity contribution < 1.29 is 14.3 Å². The Kier molecular flexibility index (Phi) is 3.52. The number of ether oxygens (including phenoxy) is 1. The zero-order valence-corrected chi connectivity index (χ0v) is 11.7. The molecule has 1 aliphatic rings. The van der Waals surface area contributed by atoms with E-state index in [2.05, 4.69) is 20.7 Å². The molecule has 0 radical (unpaired) electrons. The van der Waals surface area contributed by atoms with Gasteiger partial charge in [0.2, 0.25) is 5.91 Å². The number of methoxy groups -OCH3 is 1. The number of benzene rings is 1. The lowest BCUT2D eigenvalue weighted by atomic mass is 10.2. The molecule has 0 saturated carbocycles. The zero-order chi connectivity index (χ0) is 13.3. The van der Waals surface area contributed by atoms with Crippen molar-refractivity contribution >= 4 is 33.5 Å². The van der Waals surface area contributed by atoms with Gasteiger partial charge in [0.15, 0.2) is 0 Å². The molecule has 0 spiro atoms. The molecule has 0 saturated heterocycles. The summed E-state index contributed by atoms with van der Waals surface area (Å²) in [5.74, 6) is -0.560. The summed E-state index contributed by atoms with van der Waals surface area (Å²) in [6, 6.07) is 7.36. The van der Waals surface area contributed by atoms with Crippen LogP contribution in [0.4, 0.5) is 5.69 Å². The summed E-state index contributed by atoms with van der Waals surface area (Å²) in [5.41, 5.74) is 1.80. The number of carbonyl (C=O) groups excluding carboxylic acids is 2. The van der Waals surface area contributed by atoms with Crippen LogP contribution in [0.15, 0.2) is 40.0 Å². The first-order valence-electron chi connectivity index (χ1n) is 5.41. The van der Waals surface area contributed by atoms with Crippen LogP contribution in [0, 0.1) is 0 Å². The SMILES string of the molecule is COC(=O)C1=C(C)N(c2ccc(Br)cc2)C(=O)C1. The maximum Gasteiger partial charge on any atom is 0.336 e. The molecule has 1 amide bonds. The number of hydrogen-bond donors (Lipinski definition) is 0. The number of allylic oxidation sites excluding steroid dienone is 1. The molecule has 0 aromatic heterocycles. The molecule has 18 heavy (non-hydrogen) atoms. The lowest BCUT2D eigenvalue weighted by Crippen LogP contribution is -2.23. The summed E-state index contributed by atoms with van der Waals surface area (Å²) in [6.07, 6.45) is 0.0918. The highest BCUT2D eigenvalue weighted by molar-refractivity contribution is 9.10. The molecule has 4 nitrogen and oxygen atoms in total. The van der Waals surface area contributed by atoms with E-state index in [0.717, 1.165) is 10.2 Å². The average molecular weight is 310 g/mol. The van der Waals surface area contributed by atoms with Gasteiger partial charge >= 0.3 is 5.97 Å². The molecule has 5 heteroatoms. The van der Waals surface area contributed by atoms with Gasteiger partial charge in [-0.25, -0.2) is 4.79 Å². The zero-order valence-electron chi connectivity index (χ0n) is 10.1.